The number of hydrogen-bond acceptors (Lipinski definition) is 6. The van der Waals surface area contributed by atoms with Gasteiger partial charge >= 0.3 is 0 Å². The summed E-state index contributed by atoms with van der Waals surface area (Å²) in [6.45, 7) is 3.80. The first kappa shape index (κ1) is 16.3. The smallest absolute Gasteiger partial charge is 0.181 e. The zero-order valence-electron chi connectivity index (χ0n) is 14.3. The van der Waals surface area contributed by atoms with Gasteiger partial charge in [-0.2, -0.15) is 0 Å². The first-order valence-electron chi connectivity index (χ1n) is 8.24. The Morgan fingerprint density at radius 2 is 1.88 bits per heavy atom. The average Bonchev–Trinajstić information content (AvgIpc) is 2.54. The predicted octanol–water partition coefficient (Wildman–Crippen LogP) is 3.35. The van der Waals surface area contributed by atoms with Crippen molar-refractivity contribution in [1.82, 2.24) is 0 Å². The summed E-state index contributed by atoms with van der Waals surface area (Å²) < 4.78 is 11.6. The first-order valence-corrected chi connectivity index (χ1v) is 8.24. The van der Waals surface area contributed by atoms with Crippen molar-refractivity contribution in [3.8, 4) is 28.7 Å². The lowest BCUT2D eigenvalue weighted by Gasteiger charge is -2.32. The maximum Gasteiger partial charge on any atom is 0.181 e. The van der Waals surface area contributed by atoms with Crippen LogP contribution in [0.3, 0.4) is 0 Å². The Bertz CT molecular complexity index is 957. The summed E-state index contributed by atoms with van der Waals surface area (Å²) in [5.41, 5.74) is 0.542. The third kappa shape index (κ3) is 2.45. The molecule has 6 nitrogen and oxygen atoms in total. The maximum absolute atomic E-state index is 13.0. The Morgan fingerprint density at radius 1 is 1.12 bits per heavy atom. The van der Waals surface area contributed by atoms with Crippen molar-refractivity contribution in [3.63, 3.8) is 0 Å². The van der Waals surface area contributed by atoms with Crippen LogP contribution in [0, 0.1) is 0 Å². The van der Waals surface area contributed by atoms with Gasteiger partial charge in [0.25, 0.3) is 0 Å². The van der Waals surface area contributed by atoms with Gasteiger partial charge < -0.3 is 24.8 Å². The number of hydrogen-bond donors (Lipinski definition) is 3. The number of rotatable bonds is 1. The molecular formula is C20H18O6. The van der Waals surface area contributed by atoms with Crippen molar-refractivity contribution < 1.29 is 29.6 Å². The van der Waals surface area contributed by atoms with E-state index < -0.39 is 11.5 Å². The fourth-order valence-electron chi connectivity index (χ4n) is 3.34. The van der Waals surface area contributed by atoms with Crippen LogP contribution in [-0.2, 0) is 0 Å². The number of ether oxygens (including phenoxy) is 2. The minimum Gasteiger partial charge on any atom is -0.508 e. The number of phenols is 3. The van der Waals surface area contributed by atoms with Crippen molar-refractivity contribution >= 4 is 11.9 Å². The molecule has 1 atom stereocenters. The maximum atomic E-state index is 13.0. The molecule has 0 unspecified atom stereocenters. The summed E-state index contributed by atoms with van der Waals surface area (Å²) in [6.07, 6.45) is 3.61. The van der Waals surface area contributed by atoms with Crippen molar-refractivity contribution in [1.29, 1.82) is 0 Å². The topological polar surface area (TPSA) is 96.2 Å². The molecule has 0 aromatic heterocycles. The minimum atomic E-state index is -0.699. The molecule has 0 bridgehead atoms. The second-order valence-electron chi connectivity index (χ2n) is 7.02. The Balaban J connectivity index is 1.83. The molecule has 2 aromatic rings. The van der Waals surface area contributed by atoms with Gasteiger partial charge in [-0.15, -0.1) is 0 Å². The monoisotopic (exact) mass is 354 g/mol. The molecule has 0 aliphatic carbocycles. The van der Waals surface area contributed by atoms with Gasteiger partial charge in [0.05, 0.1) is 11.5 Å². The van der Waals surface area contributed by atoms with Crippen LogP contribution in [0.1, 0.15) is 41.3 Å². The molecule has 0 saturated heterocycles. The van der Waals surface area contributed by atoms with Crippen LogP contribution in [0.5, 0.6) is 28.7 Å². The largest absolute Gasteiger partial charge is 0.508 e. The van der Waals surface area contributed by atoms with Crippen molar-refractivity contribution in [2.45, 2.75) is 25.4 Å². The third-order valence-electron chi connectivity index (χ3n) is 4.63. The summed E-state index contributed by atoms with van der Waals surface area (Å²) >= 11 is 0. The number of carbonyl (C=O) groups excluding carboxylic acids is 1. The highest BCUT2D eigenvalue weighted by Crippen LogP contribution is 2.46. The van der Waals surface area contributed by atoms with E-state index in [1.54, 1.807) is 12.1 Å². The Hall–Kier alpha value is -3.15. The van der Waals surface area contributed by atoms with E-state index in [1.807, 2.05) is 19.9 Å². The molecule has 3 N–H and O–H groups in total. The van der Waals surface area contributed by atoms with E-state index in [0.717, 1.165) is 6.07 Å². The molecule has 2 aliphatic rings. The third-order valence-corrected chi connectivity index (χ3v) is 4.63. The van der Waals surface area contributed by atoms with Crippen molar-refractivity contribution in [3.05, 3.63) is 47.0 Å². The van der Waals surface area contributed by atoms with Crippen LogP contribution in [-0.4, -0.2) is 33.3 Å². The van der Waals surface area contributed by atoms with Crippen LogP contribution >= 0.6 is 0 Å². The van der Waals surface area contributed by atoms with E-state index in [1.165, 1.54) is 12.1 Å². The van der Waals surface area contributed by atoms with Crippen LogP contribution in [0.25, 0.3) is 6.08 Å². The van der Waals surface area contributed by atoms with E-state index in [4.69, 9.17) is 9.47 Å². The quantitative estimate of drug-likeness (QED) is 0.727. The summed E-state index contributed by atoms with van der Waals surface area (Å²) in [5.74, 6) is -0.887. The molecule has 6 heteroatoms. The fourth-order valence-corrected chi connectivity index (χ4v) is 3.34. The van der Waals surface area contributed by atoms with Gasteiger partial charge in [0, 0.05) is 17.7 Å². The van der Waals surface area contributed by atoms with Crippen molar-refractivity contribution in [2.75, 3.05) is 6.61 Å². The number of Topliss-reactive ketones (excluding diaryl/α,β-unsaturated/α-hetero) is 1. The van der Waals surface area contributed by atoms with E-state index in [-0.39, 0.29) is 41.0 Å². The van der Waals surface area contributed by atoms with Gasteiger partial charge in [0.2, 0.25) is 0 Å². The van der Waals surface area contributed by atoms with Crippen LogP contribution in [0.15, 0.2) is 30.3 Å². The Morgan fingerprint density at radius 3 is 2.65 bits per heavy atom. The Kier molecular flexibility index (Phi) is 3.41. The van der Waals surface area contributed by atoms with Crippen LogP contribution < -0.4 is 9.47 Å². The van der Waals surface area contributed by atoms with E-state index in [2.05, 4.69) is 0 Å². The predicted molar refractivity (Wildman–Crippen MR) is 94.2 cm³/mol. The molecule has 0 fully saturated rings. The molecule has 134 valence electrons. The van der Waals surface area contributed by atoms with Gasteiger partial charge in [0.15, 0.2) is 5.78 Å². The van der Waals surface area contributed by atoms with Gasteiger partial charge in [-0.3, -0.25) is 4.79 Å². The first-order chi connectivity index (χ1) is 12.3. The highest BCUT2D eigenvalue weighted by Gasteiger charge is 2.37. The van der Waals surface area contributed by atoms with Crippen LogP contribution in [0.4, 0.5) is 0 Å². The molecule has 26 heavy (non-hydrogen) atoms. The zero-order valence-corrected chi connectivity index (χ0v) is 14.3. The lowest BCUT2D eigenvalue weighted by molar-refractivity contribution is 0.0882. The molecule has 0 saturated carbocycles. The SMILES string of the molecule is CC1(C)C=Cc2c(O)ccc([C@H]3COc4cc(O)cc(O)c4C3=O)c2O1. The Labute approximate surface area is 149 Å². The van der Waals surface area contributed by atoms with Gasteiger partial charge in [-0.1, -0.05) is 6.07 Å². The highest BCUT2D eigenvalue weighted by atomic mass is 16.5. The molecule has 2 aromatic carbocycles. The highest BCUT2D eigenvalue weighted by molar-refractivity contribution is 6.07. The van der Waals surface area contributed by atoms with Crippen molar-refractivity contribution in [2.24, 2.45) is 0 Å². The van der Waals surface area contributed by atoms with Crippen LogP contribution in [0.2, 0.25) is 0 Å². The molecule has 2 heterocycles. The molecule has 0 amide bonds. The van der Waals surface area contributed by atoms with E-state index in [9.17, 15) is 20.1 Å². The minimum absolute atomic E-state index is 0.0338. The molecule has 2 aliphatic heterocycles. The van der Waals surface area contributed by atoms with E-state index in [0.29, 0.717) is 16.9 Å². The second-order valence-corrected chi connectivity index (χ2v) is 7.02. The normalized spacial score (nSPS) is 19.9. The summed E-state index contributed by atoms with van der Waals surface area (Å²) in [7, 11) is 0. The number of carbonyl (C=O) groups is 1. The summed E-state index contributed by atoms with van der Waals surface area (Å²) in [6, 6.07) is 5.56. The lowest BCUT2D eigenvalue weighted by Crippen LogP contribution is -2.31. The summed E-state index contributed by atoms with van der Waals surface area (Å²) in [5, 5.41) is 29.8. The molecule has 0 radical (unpaired) electrons. The summed E-state index contributed by atoms with van der Waals surface area (Å²) in [4.78, 5) is 13.0. The lowest BCUT2D eigenvalue weighted by atomic mass is 9.86. The number of phenolic OH excluding ortho intramolecular Hbond substituents is 3. The number of ketones is 1. The number of aromatic hydroxyl groups is 3. The standard InChI is InChI=1S/C20H18O6/c1-20(2)6-5-12-14(22)4-3-11(19(12)26-20)13-9-25-16-8-10(21)7-15(23)17(16)18(13)24/h3-8,13,21-23H,9H2,1-2H3/t13-/m1/s1. The molecule has 0 spiro atoms. The second kappa shape index (κ2) is 5.42. The van der Waals surface area contributed by atoms with Gasteiger partial charge in [-0.25, -0.2) is 0 Å². The van der Waals surface area contributed by atoms with Gasteiger partial charge in [-0.05, 0) is 32.1 Å². The number of benzene rings is 2. The van der Waals surface area contributed by atoms with E-state index >= 15 is 0 Å². The number of fused-ring (bicyclic) bond motifs is 2. The zero-order chi connectivity index (χ0) is 18.6. The fraction of sp³-hybridized carbons (Fsp3) is 0.250. The average molecular weight is 354 g/mol. The molecule has 4 rings (SSSR count). The molecular weight excluding hydrogens is 336 g/mol. The van der Waals surface area contributed by atoms with Gasteiger partial charge in [0.1, 0.15) is 46.5 Å².